The molecule has 0 atom stereocenters. The average molecular weight is 423 g/mol. The minimum Gasteiger partial charge on any atom is -0.450 e. The lowest BCUT2D eigenvalue weighted by Crippen LogP contribution is -2.58. The lowest BCUT2D eigenvalue weighted by molar-refractivity contribution is 0.00386. The number of likely N-dealkylation sites (tertiary alicyclic amines) is 1. The lowest BCUT2D eigenvalue weighted by Gasteiger charge is -2.52. The number of aromatic nitrogens is 3. The van der Waals surface area contributed by atoms with Gasteiger partial charge in [0.15, 0.2) is 0 Å². The van der Waals surface area contributed by atoms with Crippen molar-refractivity contribution in [2.75, 3.05) is 50.8 Å². The van der Waals surface area contributed by atoms with E-state index in [0.29, 0.717) is 18.1 Å². The Morgan fingerprint density at radius 3 is 2.71 bits per heavy atom. The van der Waals surface area contributed by atoms with E-state index in [-0.39, 0.29) is 6.09 Å². The molecule has 0 bridgehead atoms. The number of carbonyl (C=O) groups excluding carboxylic acids is 1. The summed E-state index contributed by atoms with van der Waals surface area (Å²) in [5, 5.41) is 0. The summed E-state index contributed by atoms with van der Waals surface area (Å²) >= 11 is 0. The van der Waals surface area contributed by atoms with Gasteiger partial charge >= 0.3 is 6.09 Å². The predicted molar refractivity (Wildman–Crippen MR) is 118 cm³/mol. The Morgan fingerprint density at radius 1 is 1.13 bits per heavy atom. The van der Waals surface area contributed by atoms with Gasteiger partial charge in [-0.2, -0.15) is 0 Å². The molecule has 1 aliphatic carbocycles. The summed E-state index contributed by atoms with van der Waals surface area (Å²) < 4.78 is 5.18. The Morgan fingerprint density at radius 2 is 1.97 bits per heavy atom. The van der Waals surface area contributed by atoms with E-state index in [1.54, 1.807) is 18.6 Å². The van der Waals surface area contributed by atoms with Crippen LogP contribution in [0.1, 0.15) is 26.2 Å². The van der Waals surface area contributed by atoms with Crippen LogP contribution in [0.3, 0.4) is 0 Å². The van der Waals surface area contributed by atoms with Crippen molar-refractivity contribution in [2.24, 2.45) is 5.41 Å². The van der Waals surface area contributed by atoms with Gasteiger partial charge in [-0.15, -0.1) is 0 Å². The first-order valence-electron chi connectivity index (χ1n) is 11.3. The molecule has 5 rings (SSSR count). The summed E-state index contributed by atoms with van der Waals surface area (Å²) in [5.41, 5.74) is 2.22. The Kier molecular flexibility index (Phi) is 5.48. The van der Waals surface area contributed by atoms with Crippen molar-refractivity contribution in [2.45, 2.75) is 32.2 Å². The van der Waals surface area contributed by atoms with Crippen LogP contribution in [0.25, 0.3) is 11.3 Å². The molecule has 4 heterocycles. The summed E-state index contributed by atoms with van der Waals surface area (Å²) in [5.74, 6) is 0.994. The highest BCUT2D eigenvalue weighted by Crippen LogP contribution is 2.50. The van der Waals surface area contributed by atoms with Gasteiger partial charge in [0.25, 0.3) is 0 Å². The molecular weight excluding hydrogens is 392 g/mol. The summed E-state index contributed by atoms with van der Waals surface area (Å²) in [7, 11) is 0. The van der Waals surface area contributed by atoms with Gasteiger partial charge < -0.3 is 14.5 Å². The van der Waals surface area contributed by atoms with Crippen molar-refractivity contribution in [3.8, 4) is 11.3 Å². The highest BCUT2D eigenvalue weighted by Gasteiger charge is 2.51. The van der Waals surface area contributed by atoms with Gasteiger partial charge in [-0.1, -0.05) is 0 Å². The maximum absolute atomic E-state index is 12.0. The SMILES string of the molecule is CCOC(=O)N1CC[C@]2(C1)C[C@@H](N1CCN(c3ncccc3-c3cnccn3)CC1)C2. The monoisotopic (exact) mass is 422 g/mol. The van der Waals surface area contributed by atoms with Gasteiger partial charge in [-0.25, -0.2) is 9.78 Å². The van der Waals surface area contributed by atoms with Crippen molar-refractivity contribution in [3.63, 3.8) is 0 Å². The van der Waals surface area contributed by atoms with Crippen LogP contribution in [0.15, 0.2) is 36.9 Å². The van der Waals surface area contributed by atoms with Crippen LogP contribution in [-0.2, 0) is 4.74 Å². The summed E-state index contributed by atoms with van der Waals surface area (Å²) in [6, 6.07) is 4.66. The fraction of sp³-hybridized carbons (Fsp3) is 0.565. The molecule has 2 aromatic rings. The van der Waals surface area contributed by atoms with E-state index in [2.05, 4.69) is 30.8 Å². The Balaban J connectivity index is 1.17. The van der Waals surface area contributed by atoms with Crippen LogP contribution < -0.4 is 4.90 Å². The van der Waals surface area contributed by atoms with Gasteiger partial charge in [0.1, 0.15) is 5.82 Å². The fourth-order valence-corrected chi connectivity index (χ4v) is 5.42. The molecular formula is C23H30N6O2. The zero-order valence-electron chi connectivity index (χ0n) is 18.1. The molecule has 2 saturated heterocycles. The normalized spacial score (nSPS) is 26.2. The molecule has 0 aromatic carbocycles. The first-order chi connectivity index (χ1) is 15.2. The first-order valence-corrected chi connectivity index (χ1v) is 11.3. The molecule has 0 radical (unpaired) electrons. The van der Waals surface area contributed by atoms with E-state index in [1.807, 2.05) is 24.1 Å². The summed E-state index contributed by atoms with van der Waals surface area (Å²) in [4.78, 5) is 32.3. The molecule has 3 aliphatic rings. The molecule has 164 valence electrons. The second kappa shape index (κ2) is 8.42. The number of nitrogens with zero attached hydrogens (tertiary/aromatic N) is 6. The van der Waals surface area contributed by atoms with Crippen molar-refractivity contribution in [1.29, 1.82) is 0 Å². The zero-order chi connectivity index (χ0) is 21.3. The first kappa shape index (κ1) is 20.2. The second-order valence-electron chi connectivity index (χ2n) is 8.92. The van der Waals surface area contributed by atoms with Crippen LogP contribution in [0, 0.1) is 5.41 Å². The summed E-state index contributed by atoms with van der Waals surface area (Å²) in [6.07, 6.45) is 10.4. The molecule has 2 aromatic heterocycles. The number of ether oxygens (including phenoxy) is 1. The highest BCUT2D eigenvalue weighted by atomic mass is 16.6. The maximum Gasteiger partial charge on any atom is 0.409 e. The molecule has 8 heteroatoms. The van der Waals surface area contributed by atoms with E-state index >= 15 is 0 Å². The molecule has 1 spiro atoms. The number of anilines is 1. The lowest BCUT2D eigenvalue weighted by atomic mass is 9.64. The van der Waals surface area contributed by atoms with E-state index in [9.17, 15) is 4.79 Å². The van der Waals surface area contributed by atoms with Gasteiger partial charge in [-0.3, -0.25) is 14.9 Å². The molecule has 1 saturated carbocycles. The number of amides is 1. The van der Waals surface area contributed by atoms with Crippen molar-refractivity contribution in [3.05, 3.63) is 36.9 Å². The van der Waals surface area contributed by atoms with E-state index in [1.165, 1.54) is 12.8 Å². The van der Waals surface area contributed by atoms with Crippen LogP contribution >= 0.6 is 0 Å². The number of hydrogen-bond donors (Lipinski definition) is 0. The minimum atomic E-state index is -0.147. The third-order valence-corrected chi connectivity index (χ3v) is 7.06. The third kappa shape index (κ3) is 3.96. The van der Waals surface area contributed by atoms with Crippen LogP contribution in [0.4, 0.5) is 10.6 Å². The number of carbonyl (C=O) groups is 1. The maximum atomic E-state index is 12.0. The molecule has 31 heavy (non-hydrogen) atoms. The van der Waals surface area contributed by atoms with E-state index in [0.717, 1.165) is 62.8 Å². The van der Waals surface area contributed by atoms with E-state index in [4.69, 9.17) is 4.74 Å². The minimum absolute atomic E-state index is 0.147. The quantitative estimate of drug-likeness (QED) is 0.750. The van der Waals surface area contributed by atoms with Crippen molar-refractivity contribution in [1.82, 2.24) is 24.8 Å². The molecule has 2 aliphatic heterocycles. The third-order valence-electron chi connectivity index (χ3n) is 7.06. The number of rotatable bonds is 4. The van der Waals surface area contributed by atoms with Crippen molar-refractivity contribution < 1.29 is 9.53 Å². The second-order valence-corrected chi connectivity index (χ2v) is 8.92. The molecule has 1 amide bonds. The Bertz CT molecular complexity index is 909. The standard InChI is InChI=1S/C23H30N6O2/c1-2-31-22(30)29-9-5-23(17-29)14-18(15-23)27-10-12-28(13-11-27)21-19(4-3-6-26-21)20-16-24-7-8-25-20/h3-4,6-8,16,18H,2,5,9-15,17H2,1H3/t18-,23+. The van der Waals surface area contributed by atoms with E-state index < -0.39 is 0 Å². The highest BCUT2D eigenvalue weighted by molar-refractivity contribution is 5.72. The number of hydrogen-bond acceptors (Lipinski definition) is 7. The number of piperazine rings is 1. The van der Waals surface area contributed by atoms with Crippen LogP contribution in [-0.4, -0.2) is 82.8 Å². The molecule has 3 fully saturated rings. The smallest absolute Gasteiger partial charge is 0.409 e. The predicted octanol–water partition coefficient (Wildman–Crippen LogP) is 2.67. The summed E-state index contributed by atoms with van der Waals surface area (Å²) in [6.45, 7) is 8.01. The van der Waals surface area contributed by atoms with Gasteiger partial charge in [0, 0.05) is 69.5 Å². The molecule has 0 unspecified atom stereocenters. The van der Waals surface area contributed by atoms with Gasteiger partial charge in [-0.05, 0) is 43.7 Å². The Hall–Kier alpha value is -2.74. The topological polar surface area (TPSA) is 74.7 Å². The van der Waals surface area contributed by atoms with Crippen LogP contribution in [0.2, 0.25) is 0 Å². The van der Waals surface area contributed by atoms with Gasteiger partial charge in [0.05, 0.1) is 18.5 Å². The largest absolute Gasteiger partial charge is 0.450 e. The van der Waals surface area contributed by atoms with Crippen LogP contribution in [0.5, 0.6) is 0 Å². The van der Waals surface area contributed by atoms with Crippen molar-refractivity contribution >= 4 is 11.9 Å². The fourth-order valence-electron chi connectivity index (χ4n) is 5.42. The molecule has 0 N–H and O–H groups in total. The number of pyridine rings is 1. The average Bonchev–Trinajstić information content (AvgIpc) is 3.25. The Labute approximate surface area is 183 Å². The zero-order valence-corrected chi connectivity index (χ0v) is 18.1. The molecule has 8 nitrogen and oxygen atoms in total. The van der Waals surface area contributed by atoms with Gasteiger partial charge in [0.2, 0.25) is 0 Å².